The molecule has 11 heteroatoms. The molecule has 7 nitrogen and oxygen atoms in total. The number of aliphatic imine (C=N–C) groups is 1. The summed E-state index contributed by atoms with van der Waals surface area (Å²) in [6.07, 6.45) is -0.386. The lowest BCUT2D eigenvalue weighted by Gasteiger charge is -2.33. The Bertz CT molecular complexity index is 895. The molecular formula is C17H17ClF3N5O2. The SMILES string of the molecule is Cc1cnc(C(=O)Nc2ccc(F)c([C@]3(C(F)F)COCC(N)=N3)c2)cn1.Cl. The number of anilines is 1. The van der Waals surface area contributed by atoms with E-state index in [9.17, 15) is 18.0 Å². The standard InChI is InChI=1S/C17H16F3N5O2.ClH/c1-9-5-23-13(6-22-9)15(26)24-10-2-3-12(18)11(4-10)17(16(19)20)8-27-7-14(21)25-17;/h2-6,16H,7-8H2,1H3,(H2,21,25)(H,24,26);1H/t17-;/m0./s1. The molecule has 3 rings (SSSR count). The molecule has 1 aliphatic heterocycles. The van der Waals surface area contributed by atoms with E-state index in [1.54, 1.807) is 6.92 Å². The Morgan fingerprint density at radius 1 is 1.32 bits per heavy atom. The summed E-state index contributed by atoms with van der Waals surface area (Å²) in [5, 5.41) is 2.48. The second-order valence-electron chi connectivity index (χ2n) is 6.01. The molecule has 2 aromatic rings. The van der Waals surface area contributed by atoms with Crippen molar-refractivity contribution in [2.45, 2.75) is 18.9 Å². The minimum Gasteiger partial charge on any atom is -0.385 e. The van der Waals surface area contributed by atoms with Gasteiger partial charge in [0.05, 0.1) is 18.5 Å². The number of alkyl halides is 2. The predicted molar refractivity (Wildman–Crippen MR) is 98.5 cm³/mol. The van der Waals surface area contributed by atoms with Gasteiger partial charge in [0.2, 0.25) is 0 Å². The summed E-state index contributed by atoms with van der Waals surface area (Å²) in [6, 6.07) is 3.30. The highest BCUT2D eigenvalue weighted by molar-refractivity contribution is 6.02. The van der Waals surface area contributed by atoms with Gasteiger partial charge in [-0.05, 0) is 25.1 Å². The predicted octanol–water partition coefficient (Wildman–Crippen LogP) is 2.45. The normalized spacial score (nSPS) is 19.0. The zero-order chi connectivity index (χ0) is 19.6. The molecule has 1 atom stereocenters. The number of ether oxygens (including phenoxy) is 1. The maximum atomic E-state index is 14.4. The number of hydrogen-bond donors (Lipinski definition) is 2. The molecule has 1 aromatic heterocycles. The Morgan fingerprint density at radius 3 is 2.68 bits per heavy atom. The summed E-state index contributed by atoms with van der Waals surface area (Å²) in [5.74, 6) is -1.69. The van der Waals surface area contributed by atoms with Gasteiger partial charge in [0.1, 0.15) is 24.0 Å². The minimum atomic E-state index is -3.07. The molecule has 0 radical (unpaired) electrons. The zero-order valence-corrected chi connectivity index (χ0v) is 15.5. The summed E-state index contributed by atoms with van der Waals surface area (Å²) in [5.41, 5.74) is 3.57. The van der Waals surface area contributed by atoms with E-state index in [1.165, 1.54) is 18.5 Å². The first-order valence-corrected chi connectivity index (χ1v) is 7.92. The molecule has 3 N–H and O–H groups in total. The largest absolute Gasteiger partial charge is 0.385 e. The van der Waals surface area contributed by atoms with E-state index in [2.05, 4.69) is 20.3 Å². The van der Waals surface area contributed by atoms with Crippen molar-refractivity contribution >= 4 is 29.8 Å². The van der Waals surface area contributed by atoms with Gasteiger partial charge in [-0.2, -0.15) is 0 Å². The van der Waals surface area contributed by atoms with Crippen molar-refractivity contribution in [1.82, 2.24) is 9.97 Å². The number of benzene rings is 1. The van der Waals surface area contributed by atoms with Gasteiger partial charge in [0, 0.05) is 17.4 Å². The first kappa shape index (κ1) is 21.6. The van der Waals surface area contributed by atoms with Gasteiger partial charge < -0.3 is 15.8 Å². The van der Waals surface area contributed by atoms with Crippen LogP contribution in [0.15, 0.2) is 35.6 Å². The minimum absolute atomic E-state index is 0. The van der Waals surface area contributed by atoms with Crippen molar-refractivity contribution < 1.29 is 22.7 Å². The van der Waals surface area contributed by atoms with Gasteiger partial charge in [-0.25, -0.2) is 18.2 Å². The zero-order valence-electron chi connectivity index (χ0n) is 14.7. The molecule has 0 spiro atoms. The fourth-order valence-electron chi connectivity index (χ4n) is 2.64. The number of halogens is 4. The highest BCUT2D eigenvalue weighted by atomic mass is 35.5. The van der Waals surface area contributed by atoms with E-state index in [0.717, 1.165) is 12.1 Å². The van der Waals surface area contributed by atoms with Crippen LogP contribution < -0.4 is 11.1 Å². The Hall–Kier alpha value is -2.72. The van der Waals surface area contributed by atoms with Crippen LogP contribution in [0.5, 0.6) is 0 Å². The molecule has 0 saturated carbocycles. The third-order valence-corrected chi connectivity index (χ3v) is 3.98. The lowest BCUT2D eigenvalue weighted by Crippen LogP contribution is -2.45. The number of carbonyl (C=O) groups excluding carboxylic acids is 1. The van der Waals surface area contributed by atoms with Crippen LogP contribution in [-0.4, -0.2) is 41.3 Å². The van der Waals surface area contributed by atoms with E-state index < -0.39 is 35.9 Å². The second kappa shape index (κ2) is 8.53. The van der Waals surface area contributed by atoms with Gasteiger partial charge in [0.25, 0.3) is 12.3 Å². The molecule has 0 saturated heterocycles. The fourth-order valence-corrected chi connectivity index (χ4v) is 2.64. The summed E-state index contributed by atoms with van der Waals surface area (Å²) >= 11 is 0. The number of nitrogens with one attached hydrogen (secondary N) is 1. The highest BCUT2D eigenvalue weighted by Gasteiger charge is 2.46. The van der Waals surface area contributed by atoms with E-state index in [-0.39, 0.29) is 36.2 Å². The Morgan fingerprint density at radius 2 is 2.07 bits per heavy atom. The number of aryl methyl sites for hydroxylation is 1. The highest BCUT2D eigenvalue weighted by Crippen LogP contribution is 2.37. The average Bonchev–Trinajstić information content (AvgIpc) is 2.63. The smallest absolute Gasteiger partial charge is 0.275 e. The summed E-state index contributed by atoms with van der Waals surface area (Å²) in [6.45, 7) is 1.06. The van der Waals surface area contributed by atoms with Gasteiger partial charge in [0.15, 0.2) is 5.54 Å². The van der Waals surface area contributed by atoms with Crippen LogP contribution in [0.1, 0.15) is 21.7 Å². The van der Waals surface area contributed by atoms with Crippen LogP contribution in [0.25, 0.3) is 0 Å². The number of aromatic nitrogens is 2. The molecule has 28 heavy (non-hydrogen) atoms. The first-order valence-electron chi connectivity index (χ1n) is 7.92. The number of nitrogens with two attached hydrogens (primary N) is 1. The van der Waals surface area contributed by atoms with Gasteiger partial charge in [-0.3, -0.25) is 14.8 Å². The Labute approximate surface area is 164 Å². The van der Waals surface area contributed by atoms with Crippen LogP contribution in [0.2, 0.25) is 0 Å². The lowest BCUT2D eigenvalue weighted by atomic mass is 9.90. The van der Waals surface area contributed by atoms with Crippen LogP contribution in [0.4, 0.5) is 18.9 Å². The summed E-state index contributed by atoms with van der Waals surface area (Å²) in [4.78, 5) is 23.9. The Balaban J connectivity index is 0.00000280. The quantitative estimate of drug-likeness (QED) is 0.798. The van der Waals surface area contributed by atoms with E-state index in [1.807, 2.05) is 0 Å². The summed E-state index contributed by atoms with van der Waals surface area (Å²) < 4.78 is 47.0. The van der Waals surface area contributed by atoms with Crippen LogP contribution >= 0.6 is 12.4 Å². The number of nitrogens with zero attached hydrogens (tertiary/aromatic N) is 3. The van der Waals surface area contributed by atoms with Crippen molar-refractivity contribution in [3.05, 3.63) is 53.4 Å². The van der Waals surface area contributed by atoms with Gasteiger partial charge in [-0.1, -0.05) is 0 Å². The number of amidine groups is 1. The first-order chi connectivity index (χ1) is 12.8. The van der Waals surface area contributed by atoms with E-state index in [0.29, 0.717) is 5.69 Å². The molecule has 0 fully saturated rings. The molecule has 2 heterocycles. The fraction of sp³-hybridized carbons (Fsp3) is 0.294. The number of carbonyl (C=O) groups is 1. The second-order valence-corrected chi connectivity index (χ2v) is 6.01. The lowest BCUT2D eigenvalue weighted by molar-refractivity contribution is -0.0145. The van der Waals surface area contributed by atoms with Crippen molar-refractivity contribution in [3.63, 3.8) is 0 Å². The molecular weight excluding hydrogens is 399 g/mol. The Kier molecular flexibility index (Phi) is 6.57. The third kappa shape index (κ3) is 4.23. The molecule has 150 valence electrons. The molecule has 0 bridgehead atoms. The summed E-state index contributed by atoms with van der Waals surface area (Å²) in [7, 11) is 0. The van der Waals surface area contributed by atoms with Crippen LogP contribution in [0.3, 0.4) is 0 Å². The maximum Gasteiger partial charge on any atom is 0.275 e. The number of amides is 1. The van der Waals surface area contributed by atoms with Crippen LogP contribution in [0, 0.1) is 12.7 Å². The monoisotopic (exact) mass is 415 g/mol. The van der Waals surface area contributed by atoms with Crippen molar-refractivity contribution in [2.24, 2.45) is 10.7 Å². The van der Waals surface area contributed by atoms with Gasteiger partial charge in [-0.15, -0.1) is 12.4 Å². The topological polar surface area (TPSA) is 102 Å². The maximum absolute atomic E-state index is 14.4. The van der Waals surface area contributed by atoms with Crippen LogP contribution in [-0.2, 0) is 10.3 Å². The molecule has 0 aliphatic carbocycles. The van der Waals surface area contributed by atoms with Crippen molar-refractivity contribution in [3.8, 4) is 0 Å². The molecule has 1 aromatic carbocycles. The molecule has 1 amide bonds. The number of hydrogen-bond acceptors (Lipinski definition) is 6. The van der Waals surface area contributed by atoms with Gasteiger partial charge >= 0.3 is 0 Å². The molecule has 1 aliphatic rings. The molecule has 0 unspecified atom stereocenters. The van der Waals surface area contributed by atoms with Crippen molar-refractivity contribution in [1.29, 1.82) is 0 Å². The average molecular weight is 416 g/mol. The van der Waals surface area contributed by atoms with E-state index >= 15 is 0 Å². The van der Waals surface area contributed by atoms with Crippen molar-refractivity contribution in [2.75, 3.05) is 18.5 Å². The number of rotatable bonds is 4. The third-order valence-electron chi connectivity index (χ3n) is 3.98. The van der Waals surface area contributed by atoms with E-state index in [4.69, 9.17) is 10.5 Å².